The van der Waals surface area contributed by atoms with Crippen LogP contribution in [0.25, 0.3) is 0 Å². The molecule has 29 heavy (non-hydrogen) atoms. The molecule has 2 aromatic carbocycles. The highest BCUT2D eigenvalue weighted by atomic mass is 16.2. The molecule has 2 saturated heterocycles. The largest absolute Gasteiger partial charge is 0.368 e. The number of piperazine rings is 1. The molecule has 152 valence electrons. The Bertz CT molecular complexity index is 931. The number of rotatable bonds is 3. The van der Waals surface area contributed by atoms with Crippen molar-refractivity contribution < 1.29 is 9.59 Å². The van der Waals surface area contributed by atoms with Gasteiger partial charge in [0.25, 0.3) is 0 Å². The van der Waals surface area contributed by atoms with Crippen LogP contribution < -0.4 is 9.80 Å². The molecule has 2 aliphatic heterocycles. The van der Waals surface area contributed by atoms with Crippen LogP contribution in [0.3, 0.4) is 0 Å². The van der Waals surface area contributed by atoms with Gasteiger partial charge in [-0.2, -0.15) is 0 Å². The summed E-state index contributed by atoms with van der Waals surface area (Å²) < 4.78 is 0. The molecule has 2 fully saturated rings. The molecule has 0 aliphatic carbocycles. The quantitative estimate of drug-likeness (QED) is 0.806. The number of carbonyl (C=O) groups is 2. The first-order valence-electron chi connectivity index (χ1n) is 10.4. The number of nitrogens with zero attached hydrogens (tertiary/aromatic N) is 3. The molecule has 0 radical (unpaired) electrons. The lowest BCUT2D eigenvalue weighted by Crippen LogP contribution is -2.51. The van der Waals surface area contributed by atoms with Crippen LogP contribution in [0, 0.1) is 26.7 Å². The molecule has 1 unspecified atom stereocenters. The molecule has 2 aromatic rings. The van der Waals surface area contributed by atoms with Crippen LogP contribution in [0.4, 0.5) is 11.4 Å². The third-order valence-electron chi connectivity index (χ3n) is 6.30. The van der Waals surface area contributed by atoms with Gasteiger partial charge in [0.05, 0.1) is 5.92 Å². The maximum absolute atomic E-state index is 13.1. The SMILES string of the molecule is Cc1cccc(N2CC(C(=O)N3CCN(c4cccc(C)c4C)CC3)CC2=O)c1. The summed E-state index contributed by atoms with van der Waals surface area (Å²) in [5.74, 6) is -0.0765. The molecule has 2 aliphatic rings. The number of hydrogen-bond acceptors (Lipinski definition) is 3. The Morgan fingerprint density at radius 2 is 1.69 bits per heavy atom. The minimum absolute atomic E-state index is 0.0444. The number of anilines is 2. The Labute approximate surface area is 172 Å². The first-order valence-corrected chi connectivity index (χ1v) is 10.4. The lowest BCUT2D eigenvalue weighted by atomic mass is 10.1. The third-order valence-corrected chi connectivity index (χ3v) is 6.30. The monoisotopic (exact) mass is 391 g/mol. The van der Waals surface area contributed by atoms with Crippen LogP contribution in [0.5, 0.6) is 0 Å². The number of amides is 2. The van der Waals surface area contributed by atoms with Gasteiger partial charge in [0, 0.05) is 50.5 Å². The molecule has 0 saturated carbocycles. The van der Waals surface area contributed by atoms with Gasteiger partial charge in [-0.3, -0.25) is 9.59 Å². The van der Waals surface area contributed by atoms with Crippen molar-refractivity contribution in [1.82, 2.24) is 4.90 Å². The molecule has 2 heterocycles. The van der Waals surface area contributed by atoms with E-state index in [1.165, 1.54) is 16.8 Å². The van der Waals surface area contributed by atoms with Crippen molar-refractivity contribution in [3.63, 3.8) is 0 Å². The van der Waals surface area contributed by atoms with Crippen molar-refractivity contribution in [2.45, 2.75) is 27.2 Å². The van der Waals surface area contributed by atoms with E-state index in [1.807, 2.05) is 36.1 Å². The topological polar surface area (TPSA) is 43.9 Å². The lowest BCUT2D eigenvalue weighted by Gasteiger charge is -2.38. The first-order chi connectivity index (χ1) is 13.9. The first kappa shape index (κ1) is 19.5. The summed E-state index contributed by atoms with van der Waals surface area (Å²) >= 11 is 0. The molecule has 0 aromatic heterocycles. The van der Waals surface area contributed by atoms with Crippen molar-refractivity contribution in [2.24, 2.45) is 5.92 Å². The summed E-state index contributed by atoms with van der Waals surface area (Å²) in [6, 6.07) is 14.3. The van der Waals surface area contributed by atoms with Crippen molar-refractivity contribution in [2.75, 3.05) is 42.5 Å². The van der Waals surface area contributed by atoms with Crippen molar-refractivity contribution in [3.8, 4) is 0 Å². The zero-order valence-corrected chi connectivity index (χ0v) is 17.5. The lowest BCUT2D eigenvalue weighted by molar-refractivity contribution is -0.136. The number of aryl methyl sites for hydroxylation is 2. The summed E-state index contributed by atoms with van der Waals surface area (Å²) in [5.41, 5.74) is 5.88. The maximum atomic E-state index is 13.1. The highest BCUT2D eigenvalue weighted by Crippen LogP contribution is 2.28. The second-order valence-corrected chi connectivity index (χ2v) is 8.28. The summed E-state index contributed by atoms with van der Waals surface area (Å²) in [4.78, 5) is 31.7. The molecule has 0 N–H and O–H groups in total. The van der Waals surface area contributed by atoms with E-state index in [2.05, 4.69) is 36.9 Å². The molecule has 5 heteroatoms. The molecule has 2 amide bonds. The summed E-state index contributed by atoms with van der Waals surface area (Å²) in [7, 11) is 0. The van der Waals surface area contributed by atoms with E-state index in [-0.39, 0.29) is 17.7 Å². The second kappa shape index (κ2) is 7.90. The normalized spacial score (nSPS) is 19.8. The van der Waals surface area contributed by atoms with Gasteiger partial charge >= 0.3 is 0 Å². The highest BCUT2D eigenvalue weighted by Gasteiger charge is 2.38. The fourth-order valence-electron chi connectivity index (χ4n) is 4.42. The number of benzene rings is 2. The summed E-state index contributed by atoms with van der Waals surface area (Å²) in [6.07, 6.45) is 0.310. The van der Waals surface area contributed by atoms with E-state index in [0.29, 0.717) is 26.1 Å². The van der Waals surface area contributed by atoms with E-state index >= 15 is 0 Å². The van der Waals surface area contributed by atoms with Crippen LogP contribution in [0.1, 0.15) is 23.1 Å². The molecular formula is C24H29N3O2. The summed E-state index contributed by atoms with van der Waals surface area (Å²) in [6.45, 7) is 9.88. The van der Waals surface area contributed by atoms with Gasteiger partial charge < -0.3 is 14.7 Å². The van der Waals surface area contributed by atoms with Crippen molar-refractivity contribution >= 4 is 23.2 Å². The van der Waals surface area contributed by atoms with Crippen LogP contribution >= 0.6 is 0 Å². The fraction of sp³-hybridized carbons (Fsp3) is 0.417. The minimum atomic E-state index is -0.240. The van der Waals surface area contributed by atoms with Crippen LogP contribution in [0.15, 0.2) is 42.5 Å². The Morgan fingerprint density at radius 3 is 2.41 bits per heavy atom. The predicted octanol–water partition coefficient (Wildman–Crippen LogP) is 3.31. The van der Waals surface area contributed by atoms with Gasteiger partial charge in [0.1, 0.15) is 0 Å². The van der Waals surface area contributed by atoms with E-state index in [9.17, 15) is 9.59 Å². The van der Waals surface area contributed by atoms with Crippen molar-refractivity contribution in [3.05, 3.63) is 59.2 Å². The fourth-order valence-corrected chi connectivity index (χ4v) is 4.42. The Kier molecular flexibility index (Phi) is 5.31. The van der Waals surface area contributed by atoms with Crippen LogP contribution in [-0.2, 0) is 9.59 Å². The van der Waals surface area contributed by atoms with Crippen LogP contribution in [0.2, 0.25) is 0 Å². The zero-order valence-electron chi connectivity index (χ0n) is 17.5. The van der Waals surface area contributed by atoms with Crippen molar-refractivity contribution in [1.29, 1.82) is 0 Å². The smallest absolute Gasteiger partial charge is 0.228 e. The molecule has 4 rings (SSSR count). The second-order valence-electron chi connectivity index (χ2n) is 8.28. The van der Waals surface area contributed by atoms with Gasteiger partial charge in [-0.05, 0) is 55.7 Å². The van der Waals surface area contributed by atoms with Gasteiger partial charge in [0.2, 0.25) is 11.8 Å². The average Bonchev–Trinajstić information content (AvgIpc) is 3.11. The Balaban J connectivity index is 1.39. The molecular weight excluding hydrogens is 362 g/mol. The minimum Gasteiger partial charge on any atom is -0.368 e. The van der Waals surface area contributed by atoms with E-state index < -0.39 is 0 Å². The molecule has 1 atom stereocenters. The molecule has 0 spiro atoms. The van der Waals surface area contributed by atoms with Gasteiger partial charge in [-0.25, -0.2) is 0 Å². The van der Waals surface area contributed by atoms with Gasteiger partial charge in [-0.15, -0.1) is 0 Å². The van der Waals surface area contributed by atoms with E-state index in [4.69, 9.17) is 0 Å². The average molecular weight is 392 g/mol. The molecule has 0 bridgehead atoms. The number of hydrogen-bond donors (Lipinski definition) is 0. The standard InChI is InChI=1S/C24H29N3O2/c1-17-6-4-8-21(14-17)27-16-20(15-23(27)28)24(29)26-12-10-25(11-13-26)22-9-5-7-18(2)19(22)3/h4-9,14,20H,10-13,15-16H2,1-3H3. The Morgan fingerprint density at radius 1 is 0.966 bits per heavy atom. The zero-order chi connectivity index (χ0) is 20.5. The maximum Gasteiger partial charge on any atom is 0.228 e. The van der Waals surface area contributed by atoms with E-state index in [1.54, 1.807) is 4.90 Å². The van der Waals surface area contributed by atoms with Gasteiger partial charge in [-0.1, -0.05) is 24.3 Å². The number of carbonyl (C=O) groups excluding carboxylic acids is 2. The summed E-state index contributed by atoms with van der Waals surface area (Å²) in [5, 5.41) is 0. The van der Waals surface area contributed by atoms with Gasteiger partial charge in [0.15, 0.2) is 0 Å². The highest BCUT2D eigenvalue weighted by molar-refractivity contribution is 6.00. The third kappa shape index (κ3) is 3.86. The van der Waals surface area contributed by atoms with E-state index in [0.717, 1.165) is 24.3 Å². The molecule has 5 nitrogen and oxygen atoms in total. The Hall–Kier alpha value is -2.82. The predicted molar refractivity (Wildman–Crippen MR) is 116 cm³/mol. The van der Waals surface area contributed by atoms with Crippen LogP contribution in [-0.4, -0.2) is 49.4 Å².